The molecule has 1 unspecified atom stereocenters. The Kier molecular flexibility index (Phi) is 6.76. The first-order valence-electron chi connectivity index (χ1n) is 4.69. The molecule has 2 N–H and O–H groups in total. The van der Waals surface area contributed by atoms with E-state index < -0.39 is 0 Å². The summed E-state index contributed by atoms with van der Waals surface area (Å²) in [5.41, 5.74) is 4.17. The molecule has 1 fully saturated rings. The van der Waals surface area contributed by atoms with Crippen molar-refractivity contribution in [3.05, 3.63) is 0 Å². The van der Waals surface area contributed by atoms with Crippen LogP contribution in [0.2, 0.25) is 0 Å². The summed E-state index contributed by atoms with van der Waals surface area (Å²) in [4.78, 5) is 11.2. The van der Waals surface area contributed by atoms with Gasteiger partial charge in [0.1, 0.15) is 0 Å². The molecule has 0 aliphatic carbocycles. The van der Waals surface area contributed by atoms with Crippen molar-refractivity contribution in [2.45, 2.75) is 39.2 Å². The summed E-state index contributed by atoms with van der Waals surface area (Å²) in [5.74, 6) is 0. The van der Waals surface area contributed by atoms with Gasteiger partial charge in [-0.2, -0.15) is 0 Å². The maximum atomic E-state index is 8.58. The number of likely N-dealkylation sites (tertiary alicyclic amines) is 1. The SMILES string of the molecule is CCC1CCCN1CC.NC=O. The van der Waals surface area contributed by atoms with Crippen molar-refractivity contribution in [2.75, 3.05) is 13.1 Å². The van der Waals surface area contributed by atoms with E-state index in [0.717, 1.165) is 6.04 Å². The van der Waals surface area contributed by atoms with Gasteiger partial charge in [-0.15, -0.1) is 0 Å². The van der Waals surface area contributed by atoms with E-state index >= 15 is 0 Å². The molecule has 3 heteroatoms. The molecule has 1 atom stereocenters. The summed E-state index contributed by atoms with van der Waals surface area (Å²) in [5, 5.41) is 0. The summed E-state index contributed by atoms with van der Waals surface area (Å²) in [6.45, 7) is 7.14. The number of carbonyl (C=O) groups excluding carboxylic acids is 1. The molecule has 0 bridgehead atoms. The molecule has 1 amide bonds. The zero-order valence-electron chi connectivity index (χ0n) is 8.12. The number of primary amides is 1. The van der Waals surface area contributed by atoms with E-state index in [-0.39, 0.29) is 6.41 Å². The molecular weight excluding hydrogens is 152 g/mol. The highest BCUT2D eigenvalue weighted by molar-refractivity contribution is 5.42. The number of rotatable bonds is 2. The fourth-order valence-corrected chi connectivity index (χ4v) is 1.77. The van der Waals surface area contributed by atoms with Gasteiger partial charge in [-0.1, -0.05) is 13.8 Å². The molecule has 0 aromatic carbocycles. The number of nitrogens with two attached hydrogens (primary N) is 1. The number of hydrogen-bond donors (Lipinski definition) is 1. The zero-order chi connectivity index (χ0) is 9.40. The lowest BCUT2D eigenvalue weighted by atomic mass is 10.2. The highest BCUT2D eigenvalue weighted by Crippen LogP contribution is 2.18. The molecule has 0 radical (unpaired) electrons. The summed E-state index contributed by atoms with van der Waals surface area (Å²) < 4.78 is 0. The van der Waals surface area contributed by atoms with Crippen LogP contribution in [0.15, 0.2) is 0 Å². The Morgan fingerprint density at radius 1 is 1.58 bits per heavy atom. The third-order valence-corrected chi connectivity index (χ3v) is 2.38. The Balaban J connectivity index is 0.000000354. The average molecular weight is 172 g/mol. The molecule has 3 nitrogen and oxygen atoms in total. The summed E-state index contributed by atoms with van der Waals surface area (Å²) in [7, 11) is 0. The smallest absolute Gasteiger partial charge is 0.204 e. The van der Waals surface area contributed by atoms with Crippen LogP contribution >= 0.6 is 0 Å². The summed E-state index contributed by atoms with van der Waals surface area (Å²) in [6.07, 6.45) is 4.45. The minimum atomic E-state index is 0.250. The largest absolute Gasteiger partial charge is 0.372 e. The van der Waals surface area contributed by atoms with E-state index in [1.54, 1.807) is 0 Å². The minimum absolute atomic E-state index is 0.250. The second-order valence-electron chi connectivity index (χ2n) is 2.97. The highest BCUT2D eigenvalue weighted by atomic mass is 16.1. The van der Waals surface area contributed by atoms with Crippen LogP contribution in [0.4, 0.5) is 0 Å². The standard InChI is InChI=1S/C8H17N.CH3NO/c1-3-8-6-5-7-9(8)4-2;2-1-3/h8H,3-7H2,1-2H3;1H,(H2,2,3). The van der Waals surface area contributed by atoms with Crippen molar-refractivity contribution in [1.29, 1.82) is 0 Å². The molecule has 12 heavy (non-hydrogen) atoms. The molecule has 1 rings (SSSR count). The van der Waals surface area contributed by atoms with Crippen LogP contribution in [0.5, 0.6) is 0 Å². The molecule has 0 spiro atoms. The second kappa shape index (κ2) is 7.10. The molecule has 1 saturated heterocycles. The van der Waals surface area contributed by atoms with Crippen LogP contribution in [0.1, 0.15) is 33.1 Å². The van der Waals surface area contributed by atoms with E-state index in [4.69, 9.17) is 4.79 Å². The quantitative estimate of drug-likeness (QED) is 0.631. The van der Waals surface area contributed by atoms with Gasteiger partial charge in [0.05, 0.1) is 0 Å². The zero-order valence-corrected chi connectivity index (χ0v) is 8.12. The number of nitrogens with zero attached hydrogens (tertiary/aromatic N) is 1. The molecule has 0 aromatic heterocycles. The van der Waals surface area contributed by atoms with Gasteiger partial charge in [0.15, 0.2) is 0 Å². The Morgan fingerprint density at radius 2 is 2.17 bits per heavy atom. The van der Waals surface area contributed by atoms with Crippen LogP contribution in [-0.4, -0.2) is 30.4 Å². The molecular formula is C9H20N2O. The van der Waals surface area contributed by atoms with Crippen LogP contribution in [0.3, 0.4) is 0 Å². The van der Waals surface area contributed by atoms with E-state index in [9.17, 15) is 0 Å². The molecule has 0 saturated carbocycles. The molecule has 72 valence electrons. The third kappa shape index (κ3) is 3.72. The van der Waals surface area contributed by atoms with Crippen molar-refractivity contribution < 1.29 is 4.79 Å². The van der Waals surface area contributed by atoms with E-state index in [1.165, 1.54) is 32.4 Å². The minimum Gasteiger partial charge on any atom is -0.372 e. The van der Waals surface area contributed by atoms with Crippen molar-refractivity contribution in [3.8, 4) is 0 Å². The van der Waals surface area contributed by atoms with Crippen LogP contribution < -0.4 is 5.73 Å². The first-order chi connectivity index (χ1) is 5.79. The molecule has 1 aliphatic rings. The van der Waals surface area contributed by atoms with Crippen LogP contribution in [-0.2, 0) is 4.79 Å². The number of amides is 1. The summed E-state index contributed by atoms with van der Waals surface area (Å²) >= 11 is 0. The van der Waals surface area contributed by atoms with Crippen molar-refractivity contribution >= 4 is 6.41 Å². The summed E-state index contributed by atoms with van der Waals surface area (Å²) in [6, 6.07) is 0.912. The van der Waals surface area contributed by atoms with Gasteiger partial charge in [-0.25, -0.2) is 0 Å². The predicted octanol–water partition coefficient (Wildman–Crippen LogP) is 0.982. The number of hydrogen-bond acceptors (Lipinski definition) is 2. The predicted molar refractivity (Wildman–Crippen MR) is 50.8 cm³/mol. The van der Waals surface area contributed by atoms with Crippen molar-refractivity contribution in [2.24, 2.45) is 5.73 Å². The topological polar surface area (TPSA) is 46.3 Å². The average Bonchev–Trinajstić information content (AvgIpc) is 2.52. The Morgan fingerprint density at radius 3 is 2.50 bits per heavy atom. The van der Waals surface area contributed by atoms with Crippen LogP contribution in [0, 0.1) is 0 Å². The molecule has 0 aromatic rings. The molecule has 1 heterocycles. The fourth-order valence-electron chi connectivity index (χ4n) is 1.77. The van der Waals surface area contributed by atoms with Gasteiger partial charge in [-0.05, 0) is 32.4 Å². The van der Waals surface area contributed by atoms with Gasteiger partial charge in [0, 0.05) is 6.04 Å². The second-order valence-corrected chi connectivity index (χ2v) is 2.97. The van der Waals surface area contributed by atoms with Gasteiger partial charge in [-0.3, -0.25) is 4.79 Å². The fraction of sp³-hybridized carbons (Fsp3) is 0.889. The Labute approximate surface area is 74.9 Å². The monoisotopic (exact) mass is 172 g/mol. The first-order valence-corrected chi connectivity index (χ1v) is 4.69. The lowest BCUT2D eigenvalue weighted by molar-refractivity contribution is -0.106. The van der Waals surface area contributed by atoms with Crippen LogP contribution in [0.25, 0.3) is 0 Å². The lowest BCUT2D eigenvalue weighted by Crippen LogP contribution is -2.28. The first kappa shape index (κ1) is 11.4. The van der Waals surface area contributed by atoms with Crippen molar-refractivity contribution in [3.63, 3.8) is 0 Å². The Bertz CT molecular complexity index is 107. The maximum absolute atomic E-state index is 8.58. The van der Waals surface area contributed by atoms with Gasteiger partial charge in [0.25, 0.3) is 0 Å². The Hall–Kier alpha value is -0.570. The molecule has 1 aliphatic heterocycles. The van der Waals surface area contributed by atoms with Gasteiger partial charge >= 0.3 is 0 Å². The van der Waals surface area contributed by atoms with E-state index in [1.807, 2.05) is 0 Å². The normalized spacial score (nSPS) is 23.0. The van der Waals surface area contributed by atoms with Gasteiger partial charge < -0.3 is 10.6 Å². The van der Waals surface area contributed by atoms with E-state index in [0.29, 0.717) is 0 Å². The van der Waals surface area contributed by atoms with Crippen molar-refractivity contribution in [1.82, 2.24) is 4.90 Å². The highest BCUT2D eigenvalue weighted by Gasteiger charge is 2.20. The third-order valence-electron chi connectivity index (χ3n) is 2.38. The van der Waals surface area contributed by atoms with Gasteiger partial charge in [0.2, 0.25) is 6.41 Å². The van der Waals surface area contributed by atoms with E-state index in [2.05, 4.69) is 24.5 Å². The lowest BCUT2D eigenvalue weighted by Gasteiger charge is -2.20. The number of carbonyl (C=O) groups is 1. The maximum Gasteiger partial charge on any atom is 0.204 e.